The molecule has 13 nitrogen and oxygen atoms in total. The fraction of sp³-hybridized carbons (Fsp3) is 0.276. The van der Waals surface area contributed by atoms with Crippen LogP contribution in [0, 0.1) is 12.3 Å². The number of carboxylic acid groups (broad SMARTS) is 2. The van der Waals surface area contributed by atoms with Crippen LogP contribution in [0.3, 0.4) is 0 Å². The van der Waals surface area contributed by atoms with E-state index in [1.807, 2.05) is 6.07 Å². The number of ether oxygens (including phenoxy) is 2. The quantitative estimate of drug-likeness (QED) is 0.0724. The van der Waals surface area contributed by atoms with E-state index < -0.39 is 55.6 Å². The van der Waals surface area contributed by atoms with Gasteiger partial charge in [-0.05, 0) is 34.9 Å². The van der Waals surface area contributed by atoms with E-state index in [0.717, 1.165) is 5.56 Å². The molecule has 4 aromatic rings. The Morgan fingerprint density at radius 1 is 1.07 bits per heavy atom. The number of carbonyl (C=O) groups is 2. The minimum atomic E-state index is -2.70. The number of fused-ring (bicyclic) bond motifs is 1. The third-order valence-corrected chi connectivity index (χ3v) is 6.90. The van der Waals surface area contributed by atoms with Gasteiger partial charge in [0.05, 0.1) is 19.5 Å². The highest BCUT2D eigenvalue weighted by atomic mass is 35.5. The molecule has 4 rings (SSSR count). The zero-order valence-corrected chi connectivity index (χ0v) is 24.4. The number of nitrogens with one attached hydrogen (secondary N) is 1. The zero-order chi connectivity index (χ0) is 31.9. The molecule has 0 bridgehead atoms. The molecule has 0 amide bonds. The number of aliphatic hydroxyl groups is 2. The number of carboxylic acids is 2. The Kier molecular flexibility index (Phi) is 10.7. The number of imidazole rings is 1. The standard InChI is InChI=1S/C29H27Cl2N5O8/c1-2-21(38)25(44-20(14-37)15-43-29(26(39)40,27(41)42)12-17-7-4-3-5-8-17)36-16-33-22-23(34-28(31)35-24(22)36)32-13-18-9-6-10-19(30)11-18/h1,3-11,16,20-21,25,37-38H,12-15H2,(H,39,40)(H,41,42)(H,32,34,35)/t20-,21+,25+/m0/s1. The van der Waals surface area contributed by atoms with Gasteiger partial charge in [-0.3, -0.25) is 4.57 Å². The van der Waals surface area contributed by atoms with Crippen LogP contribution in [0.15, 0.2) is 60.9 Å². The highest BCUT2D eigenvalue weighted by Gasteiger charge is 2.49. The third kappa shape index (κ3) is 7.43. The second-order valence-electron chi connectivity index (χ2n) is 9.50. The molecule has 0 radical (unpaired) electrons. The van der Waals surface area contributed by atoms with Gasteiger partial charge in [-0.1, -0.05) is 60.0 Å². The molecule has 2 heterocycles. The minimum Gasteiger partial charge on any atom is -0.479 e. The van der Waals surface area contributed by atoms with E-state index >= 15 is 0 Å². The van der Waals surface area contributed by atoms with Gasteiger partial charge < -0.3 is 35.2 Å². The number of terminal acetylenes is 1. The molecule has 0 aliphatic carbocycles. The summed E-state index contributed by atoms with van der Waals surface area (Å²) in [6.07, 6.45) is 1.80. The molecular formula is C29H27Cl2N5O8. The lowest BCUT2D eigenvalue weighted by atomic mass is 9.94. The summed E-state index contributed by atoms with van der Waals surface area (Å²) in [5.74, 6) is -1.12. The van der Waals surface area contributed by atoms with Crippen LogP contribution >= 0.6 is 23.2 Å². The van der Waals surface area contributed by atoms with Gasteiger partial charge >= 0.3 is 11.9 Å². The van der Waals surface area contributed by atoms with E-state index in [0.29, 0.717) is 17.1 Å². The van der Waals surface area contributed by atoms with E-state index in [-0.39, 0.29) is 22.3 Å². The lowest BCUT2D eigenvalue weighted by Crippen LogP contribution is -2.52. The average Bonchev–Trinajstić information content (AvgIpc) is 3.42. The largest absolute Gasteiger partial charge is 0.479 e. The van der Waals surface area contributed by atoms with Crippen molar-refractivity contribution < 1.29 is 39.5 Å². The van der Waals surface area contributed by atoms with Gasteiger partial charge in [0.2, 0.25) is 5.28 Å². The van der Waals surface area contributed by atoms with Gasteiger partial charge in [0.25, 0.3) is 5.60 Å². The zero-order valence-electron chi connectivity index (χ0n) is 22.9. The summed E-state index contributed by atoms with van der Waals surface area (Å²) in [5.41, 5.74) is -1.12. The number of hydrogen-bond donors (Lipinski definition) is 5. The second kappa shape index (κ2) is 14.5. The number of benzene rings is 2. The number of aromatic nitrogens is 4. The number of halogens is 2. The topological polar surface area (TPSA) is 189 Å². The van der Waals surface area contributed by atoms with Crippen molar-refractivity contribution in [2.24, 2.45) is 0 Å². The van der Waals surface area contributed by atoms with Gasteiger partial charge in [0, 0.05) is 18.0 Å². The molecular weight excluding hydrogens is 617 g/mol. The maximum Gasteiger partial charge on any atom is 0.348 e. The van der Waals surface area contributed by atoms with E-state index in [4.69, 9.17) is 39.1 Å². The summed E-state index contributed by atoms with van der Waals surface area (Å²) in [6, 6.07) is 15.2. The van der Waals surface area contributed by atoms with Crippen molar-refractivity contribution in [1.82, 2.24) is 19.5 Å². The van der Waals surface area contributed by atoms with Gasteiger partial charge in [-0.15, -0.1) is 6.42 Å². The van der Waals surface area contributed by atoms with Crippen LogP contribution in [0.25, 0.3) is 11.2 Å². The van der Waals surface area contributed by atoms with E-state index in [9.17, 15) is 30.0 Å². The number of aliphatic hydroxyl groups excluding tert-OH is 2. The highest BCUT2D eigenvalue weighted by Crippen LogP contribution is 2.28. The Labute approximate surface area is 261 Å². The second-order valence-corrected chi connectivity index (χ2v) is 10.3. The predicted molar refractivity (Wildman–Crippen MR) is 159 cm³/mol. The molecule has 3 atom stereocenters. The maximum atomic E-state index is 12.2. The Hall–Kier alpha value is -4.29. The average molecular weight is 644 g/mol. The molecule has 2 aromatic heterocycles. The third-order valence-electron chi connectivity index (χ3n) is 6.50. The number of anilines is 1. The lowest BCUT2D eigenvalue weighted by Gasteiger charge is -2.30. The Bertz CT molecular complexity index is 1650. The molecule has 0 saturated heterocycles. The van der Waals surface area contributed by atoms with Crippen molar-refractivity contribution in [3.05, 3.63) is 82.4 Å². The van der Waals surface area contributed by atoms with Gasteiger partial charge in [-0.25, -0.2) is 14.6 Å². The number of nitrogens with zero attached hydrogens (tertiary/aromatic N) is 4. The summed E-state index contributed by atoms with van der Waals surface area (Å²) in [6.45, 7) is -1.15. The van der Waals surface area contributed by atoms with Crippen LogP contribution in [0.1, 0.15) is 17.4 Å². The summed E-state index contributed by atoms with van der Waals surface area (Å²) in [4.78, 5) is 37.1. The van der Waals surface area contributed by atoms with Crippen molar-refractivity contribution >= 4 is 52.1 Å². The molecule has 0 spiro atoms. The highest BCUT2D eigenvalue weighted by molar-refractivity contribution is 6.30. The van der Waals surface area contributed by atoms with Gasteiger partial charge in [0.15, 0.2) is 29.3 Å². The molecule has 0 fully saturated rings. The summed E-state index contributed by atoms with van der Waals surface area (Å²) >= 11 is 12.3. The molecule has 15 heteroatoms. The monoisotopic (exact) mass is 643 g/mol. The van der Waals surface area contributed by atoms with E-state index in [2.05, 4.69) is 26.2 Å². The summed E-state index contributed by atoms with van der Waals surface area (Å²) in [5, 5.41) is 44.0. The number of aliphatic carboxylic acids is 2. The Morgan fingerprint density at radius 2 is 1.77 bits per heavy atom. The van der Waals surface area contributed by atoms with Crippen LogP contribution in [0.5, 0.6) is 0 Å². The van der Waals surface area contributed by atoms with Crippen LogP contribution in [-0.4, -0.2) is 82.9 Å². The fourth-order valence-corrected chi connectivity index (χ4v) is 4.65. The first-order valence-corrected chi connectivity index (χ1v) is 13.8. The van der Waals surface area contributed by atoms with Gasteiger partial charge in [-0.2, -0.15) is 9.97 Å². The molecule has 44 heavy (non-hydrogen) atoms. The van der Waals surface area contributed by atoms with E-state index in [1.54, 1.807) is 48.5 Å². The lowest BCUT2D eigenvalue weighted by molar-refractivity contribution is -0.195. The van der Waals surface area contributed by atoms with Crippen molar-refractivity contribution in [2.45, 2.75) is 37.0 Å². The molecule has 0 aliphatic rings. The molecule has 0 aliphatic heterocycles. The van der Waals surface area contributed by atoms with Crippen molar-refractivity contribution in [3.8, 4) is 12.3 Å². The summed E-state index contributed by atoms with van der Waals surface area (Å²) < 4.78 is 12.6. The smallest absolute Gasteiger partial charge is 0.348 e. The first kappa shape index (κ1) is 32.6. The van der Waals surface area contributed by atoms with Crippen LogP contribution in [-0.2, 0) is 32.0 Å². The molecule has 5 N–H and O–H groups in total. The summed E-state index contributed by atoms with van der Waals surface area (Å²) in [7, 11) is 0. The molecule has 230 valence electrons. The van der Waals surface area contributed by atoms with Crippen LogP contribution in [0.4, 0.5) is 5.82 Å². The minimum absolute atomic E-state index is 0.102. The first-order valence-electron chi connectivity index (χ1n) is 13.0. The fourth-order valence-electron chi connectivity index (χ4n) is 4.27. The molecule has 2 aromatic carbocycles. The van der Waals surface area contributed by atoms with Crippen LogP contribution in [0.2, 0.25) is 10.3 Å². The molecule has 0 unspecified atom stereocenters. The van der Waals surface area contributed by atoms with Gasteiger partial charge in [0.1, 0.15) is 6.10 Å². The maximum absolute atomic E-state index is 12.2. The Morgan fingerprint density at radius 3 is 2.41 bits per heavy atom. The predicted octanol–water partition coefficient (Wildman–Crippen LogP) is 2.78. The van der Waals surface area contributed by atoms with Crippen LogP contribution < -0.4 is 5.32 Å². The first-order chi connectivity index (χ1) is 21.1. The number of rotatable bonds is 15. The molecule has 0 saturated carbocycles. The Balaban J connectivity index is 1.60. The SMILES string of the molecule is C#C[C@@H](O)[C@@H](O[C@@H](CO)COC(Cc1ccccc1)(C(=O)O)C(=O)O)n1cnc2c(NCc3cccc(Cl)c3)nc(Cl)nc21. The number of hydrogen-bond acceptors (Lipinski definition) is 10. The van der Waals surface area contributed by atoms with E-state index in [1.165, 1.54) is 10.9 Å². The van der Waals surface area contributed by atoms with Crippen molar-refractivity contribution in [3.63, 3.8) is 0 Å². The van der Waals surface area contributed by atoms with Crippen molar-refractivity contribution in [2.75, 3.05) is 18.5 Å². The van der Waals surface area contributed by atoms with Crippen molar-refractivity contribution in [1.29, 1.82) is 0 Å². The normalized spacial score (nSPS) is 13.6.